The Kier molecular flexibility index (Phi) is 4.61. The van der Waals surface area contributed by atoms with Crippen molar-refractivity contribution >= 4 is 29.4 Å². The first kappa shape index (κ1) is 17.6. The van der Waals surface area contributed by atoms with Crippen LogP contribution < -0.4 is 10.6 Å². The first-order chi connectivity index (χ1) is 13.0. The number of halogens is 1. The van der Waals surface area contributed by atoms with Crippen LogP contribution in [0.3, 0.4) is 0 Å². The molecule has 2 aromatic rings. The SMILES string of the molecule is NC(=O)c1cccnc1N1C[C@@H]2OC(=O)N(CCc3cccc(Cl)c3)[C@@H]2C1. The Morgan fingerprint density at radius 1 is 1.30 bits per heavy atom. The number of carbonyl (C=O) groups is 2. The van der Waals surface area contributed by atoms with Crippen molar-refractivity contribution in [2.24, 2.45) is 5.73 Å². The summed E-state index contributed by atoms with van der Waals surface area (Å²) in [7, 11) is 0. The highest BCUT2D eigenvalue weighted by molar-refractivity contribution is 6.30. The maximum Gasteiger partial charge on any atom is 0.410 e. The van der Waals surface area contributed by atoms with Crippen LogP contribution in [-0.4, -0.2) is 53.7 Å². The molecule has 0 spiro atoms. The molecule has 1 aromatic heterocycles. The molecule has 1 aromatic carbocycles. The Morgan fingerprint density at radius 3 is 2.93 bits per heavy atom. The summed E-state index contributed by atoms with van der Waals surface area (Å²) >= 11 is 6.03. The smallest absolute Gasteiger partial charge is 0.410 e. The molecule has 4 rings (SSSR count). The van der Waals surface area contributed by atoms with Crippen molar-refractivity contribution in [3.8, 4) is 0 Å². The molecule has 7 nitrogen and oxygen atoms in total. The van der Waals surface area contributed by atoms with Gasteiger partial charge >= 0.3 is 6.09 Å². The van der Waals surface area contributed by atoms with Crippen LogP contribution in [0.15, 0.2) is 42.6 Å². The first-order valence-corrected chi connectivity index (χ1v) is 9.12. The quantitative estimate of drug-likeness (QED) is 0.849. The lowest BCUT2D eigenvalue weighted by Gasteiger charge is -2.24. The van der Waals surface area contributed by atoms with Crippen molar-refractivity contribution in [1.82, 2.24) is 9.88 Å². The normalized spacial score (nSPS) is 21.3. The van der Waals surface area contributed by atoms with Crippen LogP contribution in [0.4, 0.5) is 10.6 Å². The summed E-state index contributed by atoms with van der Waals surface area (Å²) < 4.78 is 5.54. The number of hydrogen-bond donors (Lipinski definition) is 1. The van der Waals surface area contributed by atoms with Gasteiger partial charge in [0.1, 0.15) is 11.9 Å². The first-order valence-electron chi connectivity index (χ1n) is 8.74. The predicted octanol–water partition coefficient (Wildman–Crippen LogP) is 2.09. The Balaban J connectivity index is 1.48. The van der Waals surface area contributed by atoms with Crippen molar-refractivity contribution in [2.75, 3.05) is 24.5 Å². The number of carbonyl (C=O) groups excluding carboxylic acids is 2. The molecule has 140 valence electrons. The highest BCUT2D eigenvalue weighted by Crippen LogP contribution is 2.31. The summed E-state index contributed by atoms with van der Waals surface area (Å²) in [6.45, 7) is 1.57. The molecule has 2 saturated heterocycles. The number of benzene rings is 1. The summed E-state index contributed by atoms with van der Waals surface area (Å²) in [6, 6.07) is 10.8. The van der Waals surface area contributed by atoms with Gasteiger partial charge in [-0.25, -0.2) is 9.78 Å². The molecule has 2 amide bonds. The van der Waals surface area contributed by atoms with Crippen molar-refractivity contribution in [1.29, 1.82) is 0 Å². The van der Waals surface area contributed by atoms with E-state index in [4.69, 9.17) is 22.1 Å². The van der Waals surface area contributed by atoms with Gasteiger partial charge in [-0.05, 0) is 36.2 Å². The molecule has 0 unspecified atom stereocenters. The van der Waals surface area contributed by atoms with Gasteiger partial charge in [-0.3, -0.25) is 9.69 Å². The van der Waals surface area contributed by atoms with Gasteiger partial charge in [-0.15, -0.1) is 0 Å². The maximum atomic E-state index is 12.3. The number of ether oxygens (including phenoxy) is 1. The van der Waals surface area contributed by atoms with Gasteiger partial charge in [-0.1, -0.05) is 23.7 Å². The Morgan fingerprint density at radius 2 is 2.15 bits per heavy atom. The highest BCUT2D eigenvalue weighted by atomic mass is 35.5. The molecule has 2 fully saturated rings. The molecule has 0 aliphatic carbocycles. The van der Waals surface area contributed by atoms with Gasteiger partial charge in [0.25, 0.3) is 5.91 Å². The van der Waals surface area contributed by atoms with Gasteiger partial charge in [0.2, 0.25) is 0 Å². The van der Waals surface area contributed by atoms with Gasteiger partial charge < -0.3 is 15.4 Å². The number of nitrogens with zero attached hydrogens (tertiary/aromatic N) is 3. The molecule has 0 bridgehead atoms. The zero-order valence-corrected chi connectivity index (χ0v) is 15.3. The summed E-state index contributed by atoms with van der Waals surface area (Å²) in [4.78, 5) is 32.0. The van der Waals surface area contributed by atoms with Crippen molar-refractivity contribution in [3.63, 3.8) is 0 Å². The van der Waals surface area contributed by atoms with Gasteiger partial charge in [0.15, 0.2) is 0 Å². The third-order valence-electron chi connectivity index (χ3n) is 5.01. The molecule has 0 saturated carbocycles. The number of primary amides is 1. The number of aromatic nitrogens is 1. The Bertz CT molecular complexity index is 891. The van der Waals surface area contributed by atoms with E-state index in [9.17, 15) is 9.59 Å². The average molecular weight is 387 g/mol. The monoisotopic (exact) mass is 386 g/mol. The van der Waals surface area contributed by atoms with E-state index in [-0.39, 0.29) is 18.2 Å². The summed E-state index contributed by atoms with van der Waals surface area (Å²) in [6.07, 6.45) is 1.76. The van der Waals surface area contributed by atoms with Crippen LogP contribution in [0.5, 0.6) is 0 Å². The zero-order valence-electron chi connectivity index (χ0n) is 14.5. The van der Waals surface area contributed by atoms with Gasteiger partial charge in [0, 0.05) is 24.3 Å². The van der Waals surface area contributed by atoms with E-state index in [1.165, 1.54) is 0 Å². The van der Waals surface area contributed by atoms with Crippen LogP contribution in [0.2, 0.25) is 5.02 Å². The van der Waals surface area contributed by atoms with E-state index in [1.54, 1.807) is 23.2 Å². The molecule has 2 aliphatic rings. The van der Waals surface area contributed by atoms with Gasteiger partial charge in [-0.2, -0.15) is 0 Å². The third kappa shape index (κ3) is 3.42. The van der Waals surface area contributed by atoms with E-state index in [0.717, 1.165) is 5.56 Å². The van der Waals surface area contributed by atoms with Crippen molar-refractivity contribution in [2.45, 2.75) is 18.6 Å². The lowest BCUT2D eigenvalue weighted by Crippen LogP contribution is -2.39. The number of rotatable bonds is 5. The average Bonchev–Trinajstić information content (AvgIpc) is 3.17. The standard InChI is InChI=1S/C19H19ClN4O3/c20-13-4-1-3-12(9-13)6-8-24-15-10-23(11-16(15)27-19(24)26)18-14(17(21)25)5-2-7-22-18/h1-5,7,9,15-16H,6,8,10-11H2,(H2,21,25)/t15-,16+/m1/s1. The molecule has 8 heteroatoms. The van der Waals surface area contributed by atoms with Crippen LogP contribution in [-0.2, 0) is 11.2 Å². The lowest BCUT2D eigenvalue weighted by atomic mass is 10.1. The second kappa shape index (κ2) is 7.08. The second-order valence-electron chi connectivity index (χ2n) is 6.71. The number of fused-ring (bicyclic) bond motifs is 1. The Labute approximate surface area is 161 Å². The fourth-order valence-electron chi connectivity index (χ4n) is 3.72. The highest BCUT2D eigenvalue weighted by Gasteiger charge is 2.48. The zero-order chi connectivity index (χ0) is 19.0. The minimum atomic E-state index is -0.523. The minimum absolute atomic E-state index is 0.0839. The second-order valence-corrected chi connectivity index (χ2v) is 7.14. The minimum Gasteiger partial charge on any atom is -0.442 e. The fourth-order valence-corrected chi connectivity index (χ4v) is 3.93. The fraction of sp³-hybridized carbons (Fsp3) is 0.316. The largest absolute Gasteiger partial charge is 0.442 e. The molecular weight excluding hydrogens is 368 g/mol. The predicted molar refractivity (Wildman–Crippen MR) is 101 cm³/mol. The summed E-state index contributed by atoms with van der Waals surface area (Å²) in [5.41, 5.74) is 6.89. The topological polar surface area (TPSA) is 88.8 Å². The van der Waals surface area contributed by atoms with Crippen LogP contribution in [0.25, 0.3) is 0 Å². The lowest BCUT2D eigenvalue weighted by molar-refractivity contribution is 0.1000. The van der Waals surface area contributed by atoms with Crippen LogP contribution in [0, 0.1) is 0 Å². The van der Waals surface area contributed by atoms with E-state index in [0.29, 0.717) is 42.5 Å². The van der Waals surface area contributed by atoms with E-state index in [2.05, 4.69) is 4.98 Å². The van der Waals surface area contributed by atoms with Crippen LogP contribution in [0.1, 0.15) is 15.9 Å². The molecule has 2 N–H and O–H groups in total. The maximum absolute atomic E-state index is 12.3. The molecule has 3 heterocycles. The molecular formula is C19H19ClN4O3. The van der Waals surface area contributed by atoms with E-state index >= 15 is 0 Å². The number of hydrogen-bond acceptors (Lipinski definition) is 5. The van der Waals surface area contributed by atoms with Crippen molar-refractivity contribution < 1.29 is 14.3 Å². The Hall–Kier alpha value is -2.80. The van der Waals surface area contributed by atoms with Crippen LogP contribution >= 0.6 is 11.6 Å². The third-order valence-corrected chi connectivity index (χ3v) is 5.24. The molecule has 0 radical (unpaired) electrons. The van der Waals surface area contributed by atoms with Crippen molar-refractivity contribution in [3.05, 3.63) is 58.7 Å². The van der Waals surface area contributed by atoms with E-state index in [1.807, 2.05) is 29.2 Å². The molecule has 27 heavy (non-hydrogen) atoms. The number of anilines is 1. The molecule has 2 atom stereocenters. The summed E-state index contributed by atoms with van der Waals surface area (Å²) in [5.74, 6) is 0.00945. The van der Waals surface area contributed by atoms with E-state index < -0.39 is 5.91 Å². The number of nitrogens with two attached hydrogens (primary N) is 1. The molecule has 2 aliphatic heterocycles. The number of pyridine rings is 1. The summed E-state index contributed by atoms with van der Waals surface area (Å²) in [5, 5.41) is 0.676. The number of amides is 2. The van der Waals surface area contributed by atoms with Gasteiger partial charge in [0.05, 0.1) is 18.2 Å².